The zero-order chi connectivity index (χ0) is 36.7. The van der Waals surface area contributed by atoms with Crippen LogP contribution in [-0.2, 0) is 44.3 Å². The molecule has 0 spiro atoms. The van der Waals surface area contributed by atoms with Gasteiger partial charge in [-0.3, -0.25) is 9.59 Å². The van der Waals surface area contributed by atoms with Crippen molar-refractivity contribution in [1.29, 1.82) is 0 Å². The van der Waals surface area contributed by atoms with Gasteiger partial charge < -0.3 is 33.9 Å². The van der Waals surface area contributed by atoms with Crippen LogP contribution in [0, 0.1) is 17.3 Å². The Morgan fingerprint density at radius 3 is 2.31 bits per heavy atom. The highest BCUT2D eigenvalue weighted by molar-refractivity contribution is 7.88. The third kappa shape index (κ3) is 10.8. The van der Waals surface area contributed by atoms with Gasteiger partial charge in [0, 0.05) is 38.7 Å². The number of carbonyl (C=O) groups is 2. The summed E-state index contributed by atoms with van der Waals surface area (Å²) in [6, 6.07) is 8.76. The number of hydrogen-bond acceptors (Lipinski definition) is 11. The smallest absolute Gasteiger partial charge is 0.319 e. The maximum atomic E-state index is 14.3. The van der Waals surface area contributed by atoms with Crippen LogP contribution in [0.4, 0.5) is 0 Å². The summed E-state index contributed by atoms with van der Waals surface area (Å²) in [7, 11) is 3.65. The van der Waals surface area contributed by atoms with Gasteiger partial charge in [-0.05, 0) is 86.1 Å². The number of benzene rings is 1. The van der Waals surface area contributed by atoms with Gasteiger partial charge in [0.2, 0.25) is 10.0 Å². The molecule has 0 radical (unpaired) electrons. The third-order valence-electron chi connectivity index (χ3n) is 10.1. The first-order valence-electron chi connectivity index (χ1n) is 17.4. The Kier molecular flexibility index (Phi) is 14.8. The lowest BCUT2D eigenvalue weighted by atomic mass is 9.74. The van der Waals surface area contributed by atoms with Gasteiger partial charge >= 0.3 is 5.97 Å². The highest BCUT2D eigenvalue weighted by Gasteiger charge is 2.51. The quantitative estimate of drug-likeness (QED) is 0.330. The standard InChI is InChI=1S/C36H61N3O9S/c1-25-22-36(6,45-10)32(48-33-30(40)29(37(7)8)21-26(2)47-33)27(3)31(41)35(4,5)34(42)46-20-19-39(18-14-17-38(9)23-25)49(43,44)24-28-15-12-11-13-16-28/h11-13,15-16,25-27,29-30,32-33,40H,14,17-24H2,1-10H3/t25-,26-,27+,29+,30-,32-,33+,36-/m1/s1. The average Bonchev–Trinajstić information content (AvgIpc) is 3.02. The molecule has 13 heteroatoms. The molecule has 8 atom stereocenters. The summed E-state index contributed by atoms with van der Waals surface area (Å²) in [6.07, 6.45) is -1.44. The Labute approximate surface area is 294 Å². The van der Waals surface area contributed by atoms with E-state index < -0.39 is 57.2 Å². The molecule has 2 heterocycles. The lowest BCUT2D eigenvalue weighted by molar-refractivity contribution is -0.295. The van der Waals surface area contributed by atoms with Crippen LogP contribution in [0.2, 0.25) is 0 Å². The number of nitrogens with zero attached hydrogens (tertiary/aromatic N) is 3. The zero-order valence-corrected chi connectivity index (χ0v) is 32.1. The average molecular weight is 712 g/mol. The number of rotatable bonds is 7. The predicted molar refractivity (Wildman–Crippen MR) is 188 cm³/mol. The van der Waals surface area contributed by atoms with E-state index in [2.05, 4.69) is 11.8 Å². The number of hydrogen-bond donors (Lipinski definition) is 1. The van der Waals surface area contributed by atoms with Crippen molar-refractivity contribution in [2.75, 3.05) is 61.0 Å². The van der Waals surface area contributed by atoms with Gasteiger partial charge in [-0.1, -0.05) is 44.2 Å². The number of aliphatic hydroxyl groups is 1. The van der Waals surface area contributed by atoms with E-state index in [0.717, 1.165) is 0 Å². The van der Waals surface area contributed by atoms with Crippen LogP contribution < -0.4 is 0 Å². The van der Waals surface area contributed by atoms with E-state index in [4.69, 9.17) is 18.9 Å². The Bertz CT molecular complexity index is 1330. The molecule has 0 amide bonds. The number of cyclic esters (lactones) is 1. The van der Waals surface area contributed by atoms with E-state index in [1.165, 1.54) is 18.2 Å². The Hall–Kier alpha value is -1.97. The molecule has 0 bridgehead atoms. The molecule has 12 nitrogen and oxygen atoms in total. The first-order valence-corrected chi connectivity index (χ1v) is 19.1. The molecule has 0 aliphatic carbocycles. The maximum Gasteiger partial charge on any atom is 0.319 e. The van der Waals surface area contributed by atoms with Crippen molar-refractivity contribution < 1.29 is 42.1 Å². The van der Waals surface area contributed by atoms with Crippen LogP contribution >= 0.6 is 0 Å². The molecule has 1 N–H and O–H groups in total. The Balaban J connectivity index is 1.95. The van der Waals surface area contributed by atoms with E-state index >= 15 is 0 Å². The Morgan fingerprint density at radius 1 is 1.04 bits per heavy atom. The first-order chi connectivity index (χ1) is 22.8. The molecule has 3 rings (SSSR count). The number of ketones is 1. The number of esters is 1. The number of sulfonamides is 1. The molecule has 0 unspecified atom stereocenters. The molecule has 1 aromatic rings. The van der Waals surface area contributed by atoms with Gasteiger partial charge in [-0.25, -0.2) is 8.42 Å². The first kappa shape index (κ1) is 41.5. The van der Waals surface area contributed by atoms with Crippen molar-refractivity contribution in [3.8, 4) is 0 Å². The van der Waals surface area contributed by atoms with Gasteiger partial charge in [0.25, 0.3) is 0 Å². The SMILES string of the molecule is CO[C@]1(C)C[C@@H](C)CN(C)CCCN(S(=O)(=O)Cc2ccccc2)CCOC(=O)C(C)(C)C(=O)[C@H](C)[C@H]1O[C@@H]1O[C@H](C)C[C@H](N(C)C)[C@H]1O. The van der Waals surface area contributed by atoms with Crippen LogP contribution in [0.25, 0.3) is 0 Å². The molecule has 1 aromatic carbocycles. The molecular formula is C36H61N3O9S. The minimum absolute atomic E-state index is 0.0313. The minimum Gasteiger partial charge on any atom is -0.464 e. The van der Waals surface area contributed by atoms with Gasteiger partial charge in [-0.2, -0.15) is 4.31 Å². The van der Waals surface area contributed by atoms with Gasteiger partial charge in [0.15, 0.2) is 12.1 Å². The minimum atomic E-state index is -3.72. The highest BCUT2D eigenvalue weighted by Crippen LogP contribution is 2.38. The molecule has 2 saturated heterocycles. The van der Waals surface area contributed by atoms with Crippen molar-refractivity contribution in [3.63, 3.8) is 0 Å². The summed E-state index contributed by atoms with van der Waals surface area (Å²) in [5.41, 5.74) is -1.93. The molecule has 2 fully saturated rings. The summed E-state index contributed by atoms with van der Waals surface area (Å²) in [4.78, 5) is 32.0. The van der Waals surface area contributed by atoms with Crippen LogP contribution in [0.1, 0.15) is 66.4 Å². The normalized spacial score (nSPS) is 34.0. The number of ether oxygens (including phenoxy) is 4. The van der Waals surface area contributed by atoms with Gasteiger partial charge in [0.05, 0.1) is 23.6 Å². The van der Waals surface area contributed by atoms with Crippen LogP contribution in [0.15, 0.2) is 30.3 Å². The lowest BCUT2D eigenvalue weighted by Crippen LogP contribution is -2.59. The van der Waals surface area contributed by atoms with Gasteiger partial charge in [0.1, 0.15) is 18.1 Å². The van der Waals surface area contributed by atoms with E-state index in [1.807, 2.05) is 46.0 Å². The Morgan fingerprint density at radius 2 is 1.69 bits per heavy atom. The number of Topliss-reactive ketones (excluding diaryl/α,β-unsaturated/α-hetero) is 1. The second-order valence-corrected chi connectivity index (χ2v) is 17.1. The summed E-state index contributed by atoms with van der Waals surface area (Å²) in [5.74, 6) is -2.14. The summed E-state index contributed by atoms with van der Waals surface area (Å²) in [6.45, 7) is 12.0. The van der Waals surface area contributed by atoms with Crippen LogP contribution in [0.5, 0.6) is 0 Å². The second kappa shape index (κ2) is 17.5. The number of aliphatic hydroxyl groups excluding tert-OH is 1. The van der Waals surface area contributed by atoms with Crippen LogP contribution in [0.3, 0.4) is 0 Å². The fourth-order valence-electron chi connectivity index (χ4n) is 7.30. The predicted octanol–water partition coefficient (Wildman–Crippen LogP) is 3.17. The van der Waals surface area contributed by atoms with Crippen molar-refractivity contribution in [1.82, 2.24) is 14.1 Å². The number of carbonyl (C=O) groups excluding carboxylic acids is 2. The van der Waals surface area contributed by atoms with Crippen molar-refractivity contribution in [3.05, 3.63) is 35.9 Å². The topological polar surface area (TPSA) is 135 Å². The molecule has 0 aromatic heterocycles. The monoisotopic (exact) mass is 711 g/mol. The van der Waals surface area contributed by atoms with Crippen molar-refractivity contribution in [2.24, 2.45) is 17.3 Å². The molecule has 280 valence electrons. The fourth-order valence-corrected chi connectivity index (χ4v) is 8.85. The van der Waals surface area contributed by atoms with Crippen molar-refractivity contribution in [2.45, 2.75) is 103 Å². The van der Waals surface area contributed by atoms with E-state index in [1.54, 1.807) is 38.3 Å². The van der Waals surface area contributed by atoms with Crippen LogP contribution in [-0.4, -0.2) is 137 Å². The number of likely N-dealkylation sites (N-methyl/N-ethyl adjacent to an activating group) is 1. The lowest BCUT2D eigenvalue weighted by Gasteiger charge is -2.47. The van der Waals surface area contributed by atoms with Gasteiger partial charge in [-0.15, -0.1) is 0 Å². The van der Waals surface area contributed by atoms with Crippen molar-refractivity contribution >= 4 is 21.8 Å². The summed E-state index contributed by atoms with van der Waals surface area (Å²) >= 11 is 0. The molecule has 0 saturated carbocycles. The highest BCUT2D eigenvalue weighted by atomic mass is 32.2. The molecule has 49 heavy (non-hydrogen) atoms. The molecule has 2 aliphatic rings. The molecule has 2 aliphatic heterocycles. The van der Waals surface area contributed by atoms with E-state index in [9.17, 15) is 23.1 Å². The number of methoxy groups -OCH3 is 1. The van der Waals surface area contributed by atoms with E-state index in [0.29, 0.717) is 37.9 Å². The fraction of sp³-hybridized carbons (Fsp3) is 0.778. The summed E-state index contributed by atoms with van der Waals surface area (Å²) in [5, 5.41) is 11.4. The molecular weight excluding hydrogens is 650 g/mol. The zero-order valence-electron chi connectivity index (χ0n) is 31.3. The van der Waals surface area contributed by atoms with E-state index in [-0.39, 0.29) is 43.5 Å². The second-order valence-electron chi connectivity index (χ2n) is 15.1. The summed E-state index contributed by atoms with van der Waals surface area (Å²) < 4.78 is 53.0. The third-order valence-corrected chi connectivity index (χ3v) is 12.0. The maximum absolute atomic E-state index is 14.3. The largest absolute Gasteiger partial charge is 0.464 e.